The third kappa shape index (κ3) is 4.15. The molecular formula is C12H21N5O2. The van der Waals surface area contributed by atoms with Crippen LogP contribution >= 0.6 is 0 Å². The lowest BCUT2D eigenvalue weighted by Gasteiger charge is -2.27. The van der Waals surface area contributed by atoms with Gasteiger partial charge in [0.15, 0.2) is 5.82 Å². The minimum Gasteiger partial charge on any atom is -0.383 e. The molecule has 0 saturated carbocycles. The standard InChI is InChI=1S/C12H21N5O2/c1-4-9(2)17(5-6-19-3)12(18)10-7-15-11(16-13)8-14-10/h7-9H,4-6,13H2,1-3H3,(H,15,16). The summed E-state index contributed by atoms with van der Waals surface area (Å²) in [4.78, 5) is 22.2. The highest BCUT2D eigenvalue weighted by molar-refractivity contribution is 5.92. The first-order valence-electron chi connectivity index (χ1n) is 6.22. The van der Waals surface area contributed by atoms with Crippen molar-refractivity contribution in [1.82, 2.24) is 14.9 Å². The second-order valence-electron chi connectivity index (χ2n) is 4.18. The minimum atomic E-state index is -0.150. The number of hydrogen-bond acceptors (Lipinski definition) is 6. The van der Waals surface area contributed by atoms with E-state index in [4.69, 9.17) is 10.6 Å². The van der Waals surface area contributed by atoms with Gasteiger partial charge in [-0.1, -0.05) is 6.92 Å². The van der Waals surface area contributed by atoms with Crippen LogP contribution in [0.15, 0.2) is 12.4 Å². The maximum atomic E-state index is 12.4. The molecule has 7 nitrogen and oxygen atoms in total. The number of ether oxygens (including phenoxy) is 1. The van der Waals surface area contributed by atoms with Gasteiger partial charge in [-0.25, -0.2) is 15.8 Å². The molecule has 1 atom stereocenters. The smallest absolute Gasteiger partial charge is 0.274 e. The summed E-state index contributed by atoms with van der Waals surface area (Å²) >= 11 is 0. The Bertz CT molecular complexity index is 396. The van der Waals surface area contributed by atoms with Crippen molar-refractivity contribution in [2.75, 3.05) is 25.7 Å². The molecule has 1 rings (SSSR count). The topological polar surface area (TPSA) is 93.4 Å². The first kappa shape index (κ1) is 15.3. The zero-order valence-electron chi connectivity index (χ0n) is 11.6. The highest BCUT2D eigenvalue weighted by atomic mass is 16.5. The number of nitrogens with two attached hydrogens (primary N) is 1. The predicted molar refractivity (Wildman–Crippen MR) is 72.5 cm³/mol. The monoisotopic (exact) mass is 267 g/mol. The van der Waals surface area contributed by atoms with Crippen molar-refractivity contribution >= 4 is 11.7 Å². The van der Waals surface area contributed by atoms with E-state index in [0.717, 1.165) is 6.42 Å². The molecule has 0 fully saturated rings. The zero-order chi connectivity index (χ0) is 14.3. The fraction of sp³-hybridized carbons (Fsp3) is 0.583. The van der Waals surface area contributed by atoms with Gasteiger partial charge in [-0.2, -0.15) is 0 Å². The van der Waals surface area contributed by atoms with Crippen LogP contribution in [0.2, 0.25) is 0 Å². The first-order chi connectivity index (χ1) is 9.13. The Morgan fingerprint density at radius 3 is 2.74 bits per heavy atom. The predicted octanol–water partition coefficient (Wildman–Crippen LogP) is 0.649. The summed E-state index contributed by atoms with van der Waals surface area (Å²) in [6.45, 7) is 5.05. The van der Waals surface area contributed by atoms with Crippen molar-refractivity contribution in [2.24, 2.45) is 5.84 Å². The Labute approximate surface area is 113 Å². The molecule has 1 heterocycles. The Morgan fingerprint density at radius 2 is 2.26 bits per heavy atom. The molecule has 0 aromatic carbocycles. The lowest BCUT2D eigenvalue weighted by molar-refractivity contribution is 0.0607. The third-order valence-corrected chi connectivity index (χ3v) is 2.94. The summed E-state index contributed by atoms with van der Waals surface area (Å²) < 4.78 is 5.03. The number of nitrogens with one attached hydrogen (secondary N) is 1. The second kappa shape index (κ2) is 7.65. The molecule has 0 spiro atoms. The molecule has 0 aliphatic rings. The summed E-state index contributed by atoms with van der Waals surface area (Å²) in [5.74, 6) is 5.48. The van der Waals surface area contributed by atoms with E-state index in [1.54, 1.807) is 12.0 Å². The van der Waals surface area contributed by atoms with Crippen LogP contribution in [0.4, 0.5) is 5.82 Å². The van der Waals surface area contributed by atoms with Gasteiger partial charge >= 0.3 is 0 Å². The summed E-state index contributed by atoms with van der Waals surface area (Å²) in [6.07, 6.45) is 3.71. The molecule has 106 valence electrons. The highest BCUT2D eigenvalue weighted by Crippen LogP contribution is 2.09. The number of hydrazine groups is 1. The maximum absolute atomic E-state index is 12.4. The number of carbonyl (C=O) groups is 1. The second-order valence-corrected chi connectivity index (χ2v) is 4.18. The van der Waals surface area contributed by atoms with Gasteiger partial charge in [-0.3, -0.25) is 4.79 Å². The molecule has 0 saturated heterocycles. The molecule has 19 heavy (non-hydrogen) atoms. The molecule has 7 heteroatoms. The Morgan fingerprint density at radius 1 is 1.53 bits per heavy atom. The van der Waals surface area contributed by atoms with Gasteiger partial charge in [-0.15, -0.1) is 0 Å². The maximum Gasteiger partial charge on any atom is 0.274 e. The fourth-order valence-electron chi connectivity index (χ4n) is 1.59. The van der Waals surface area contributed by atoms with Crippen molar-refractivity contribution in [2.45, 2.75) is 26.3 Å². The SMILES string of the molecule is CCC(C)N(CCOC)C(=O)c1cnc(NN)cn1. The van der Waals surface area contributed by atoms with Crippen LogP contribution in [0.3, 0.4) is 0 Å². The number of rotatable bonds is 7. The molecule has 1 unspecified atom stereocenters. The summed E-state index contributed by atoms with van der Waals surface area (Å²) in [6, 6.07) is 0.122. The lowest BCUT2D eigenvalue weighted by Crippen LogP contribution is -2.41. The van der Waals surface area contributed by atoms with E-state index < -0.39 is 0 Å². The zero-order valence-corrected chi connectivity index (χ0v) is 11.6. The van der Waals surface area contributed by atoms with E-state index >= 15 is 0 Å². The average Bonchev–Trinajstić information content (AvgIpc) is 2.47. The van der Waals surface area contributed by atoms with Crippen molar-refractivity contribution in [1.29, 1.82) is 0 Å². The first-order valence-corrected chi connectivity index (χ1v) is 6.22. The van der Waals surface area contributed by atoms with Gasteiger partial charge in [-0.05, 0) is 13.3 Å². The third-order valence-electron chi connectivity index (χ3n) is 2.94. The number of nitrogens with zero attached hydrogens (tertiary/aromatic N) is 3. The molecule has 1 aromatic rings. The van der Waals surface area contributed by atoms with Gasteiger partial charge in [0.2, 0.25) is 0 Å². The average molecular weight is 267 g/mol. The number of aromatic nitrogens is 2. The van der Waals surface area contributed by atoms with Crippen molar-refractivity contribution in [3.63, 3.8) is 0 Å². The normalized spacial score (nSPS) is 12.0. The molecule has 1 aromatic heterocycles. The molecule has 0 radical (unpaired) electrons. The number of methoxy groups -OCH3 is 1. The van der Waals surface area contributed by atoms with E-state index in [1.165, 1.54) is 12.4 Å². The van der Waals surface area contributed by atoms with Crippen LogP contribution < -0.4 is 11.3 Å². The van der Waals surface area contributed by atoms with Crippen LogP contribution in [0.25, 0.3) is 0 Å². The number of anilines is 1. The van der Waals surface area contributed by atoms with E-state index in [-0.39, 0.29) is 11.9 Å². The number of carbonyl (C=O) groups excluding carboxylic acids is 1. The largest absolute Gasteiger partial charge is 0.383 e. The van der Waals surface area contributed by atoms with Crippen LogP contribution in [0, 0.1) is 0 Å². The van der Waals surface area contributed by atoms with E-state index in [1.807, 2.05) is 13.8 Å². The minimum absolute atomic E-state index is 0.122. The highest BCUT2D eigenvalue weighted by Gasteiger charge is 2.21. The molecular weight excluding hydrogens is 246 g/mol. The van der Waals surface area contributed by atoms with Gasteiger partial charge in [0, 0.05) is 19.7 Å². The van der Waals surface area contributed by atoms with Crippen LogP contribution in [-0.2, 0) is 4.74 Å². The van der Waals surface area contributed by atoms with E-state index in [0.29, 0.717) is 24.7 Å². The summed E-state index contributed by atoms with van der Waals surface area (Å²) in [5.41, 5.74) is 2.67. The van der Waals surface area contributed by atoms with Gasteiger partial charge < -0.3 is 15.1 Å². The molecule has 0 bridgehead atoms. The number of amides is 1. The quantitative estimate of drug-likeness (QED) is 0.556. The summed E-state index contributed by atoms with van der Waals surface area (Å²) in [7, 11) is 1.61. The van der Waals surface area contributed by atoms with Crippen molar-refractivity contribution in [3.05, 3.63) is 18.1 Å². The molecule has 0 aliphatic heterocycles. The van der Waals surface area contributed by atoms with Crippen LogP contribution in [0.5, 0.6) is 0 Å². The number of hydrogen-bond donors (Lipinski definition) is 2. The Kier molecular flexibility index (Phi) is 6.17. The fourth-order valence-corrected chi connectivity index (χ4v) is 1.59. The molecule has 3 N–H and O–H groups in total. The molecule has 1 amide bonds. The van der Waals surface area contributed by atoms with Gasteiger partial charge in [0.25, 0.3) is 5.91 Å². The van der Waals surface area contributed by atoms with Crippen molar-refractivity contribution < 1.29 is 9.53 Å². The Balaban J connectivity index is 2.84. The lowest BCUT2D eigenvalue weighted by atomic mass is 10.2. The van der Waals surface area contributed by atoms with Gasteiger partial charge in [0.05, 0.1) is 19.0 Å². The van der Waals surface area contributed by atoms with E-state index in [9.17, 15) is 4.79 Å². The number of nitrogen functional groups attached to an aromatic ring is 1. The summed E-state index contributed by atoms with van der Waals surface area (Å²) in [5, 5.41) is 0. The Hall–Kier alpha value is -1.73. The van der Waals surface area contributed by atoms with Crippen molar-refractivity contribution in [3.8, 4) is 0 Å². The van der Waals surface area contributed by atoms with Crippen LogP contribution in [-0.4, -0.2) is 47.1 Å². The van der Waals surface area contributed by atoms with Crippen LogP contribution in [0.1, 0.15) is 30.8 Å². The molecule has 0 aliphatic carbocycles. The van der Waals surface area contributed by atoms with Gasteiger partial charge in [0.1, 0.15) is 5.69 Å². The van der Waals surface area contributed by atoms with E-state index in [2.05, 4.69) is 15.4 Å².